The highest BCUT2D eigenvalue weighted by atomic mass is 32.2. The predicted molar refractivity (Wildman–Crippen MR) is 129 cm³/mol. The van der Waals surface area contributed by atoms with Crippen LogP contribution in [0.1, 0.15) is 18.4 Å². The van der Waals surface area contributed by atoms with Crippen LogP contribution in [-0.4, -0.2) is 67.1 Å². The van der Waals surface area contributed by atoms with E-state index in [0.717, 1.165) is 37.5 Å². The van der Waals surface area contributed by atoms with Gasteiger partial charge in [-0.25, -0.2) is 13.4 Å². The lowest BCUT2D eigenvalue weighted by molar-refractivity contribution is 0.170. The molecule has 1 aromatic carbocycles. The number of rotatable bonds is 9. The van der Waals surface area contributed by atoms with Crippen LogP contribution in [0, 0.1) is 6.92 Å². The lowest BCUT2D eigenvalue weighted by Crippen LogP contribution is -2.38. The van der Waals surface area contributed by atoms with E-state index in [-0.39, 0.29) is 25.3 Å². The fourth-order valence-electron chi connectivity index (χ4n) is 3.79. The first-order chi connectivity index (χ1) is 16.4. The van der Waals surface area contributed by atoms with E-state index in [1.807, 2.05) is 24.3 Å². The molecule has 180 valence electrons. The summed E-state index contributed by atoms with van der Waals surface area (Å²) >= 11 is 0. The Balaban J connectivity index is 1.28. The first kappa shape index (κ1) is 23.9. The van der Waals surface area contributed by atoms with Crippen LogP contribution >= 0.6 is 0 Å². The fourth-order valence-corrected chi connectivity index (χ4v) is 5.17. The molecule has 1 aliphatic rings. The Labute approximate surface area is 200 Å². The molecule has 0 aliphatic carbocycles. The maximum absolute atomic E-state index is 12.8. The van der Waals surface area contributed by atoms with Crippen molar-refractivity contribution in [1.82, 2.24) is 19.3 Å². The van der Waals surface area contributed by atoms with Crippen molar-refractivity contribution in [2.75, 3.05) is 38.2 Å². The molecule has 1 aliphatic heterocycles. The molecule has 0 spiro atoms. The molecule has 0 atom stereocenters. The van der Waals surface area contributed by atoms with E-state index >= 15 is 0 Å². The molecule has 34 heavy (non-hydrogen) atoms. The van der Waals surface area contributed by atoms with Gasteiger partial charge in [-0.05, 0) is 36.8 Å². The van der Waals surface area contributed by atoms with E-state index in [1.165, 1.54) is 4.31 Å². The molecule has 0 amide bonds. The summed E-state index contributed by atoms with van der Waals surface area (Å²) in [6, 6.07) is 12.7. The molecule has 0 N–H and O–H groups in total. The Hall–Kier alpha value is -3.24. The second-order valence-corrected chi connectivity index (χ2v) is 10.1. The normalized spacial score (nSPS) is 14.9. The predicted octanol–water partition coefficient (Wildman–Crippen LogP) is 2.93. The van der Waals surface area contributed by atoms with E-state index in [9.17, 15) is 8.42 Å². The van der Waals surface area contributed by atoms with E-state index in [0.29, 0.717) is 10.5 Å². The Morgan fingerprint density at radius 1 is 1.06 bits per heavy atom. The lowest BCUT2D eigenvalue weighted by atomic mass is 10.1. The largest absolute Gasteiger partial charge is 0.490 e. The van der Waals surface area contributed by atoms with Gasteiger partial charge in [0, 0.05) is 58.1 Å². The van der Waals surface area contributed by atoms with Gasteiger partial charge in [-0.3, -0.25) is 4.98 Å². The third-order valence-corrected chi connectivity index (χ3v) is 7.77. The number of likely N-dealkylation sites (N-methyl/N-ethyl adjacent to an activating group) is 1. The summed E-state index contributed by atoms with van der Waals surface area (Å²) in [4.78, 5) is 15.2. The average molecular weight is 484 g/mol. The monoisotopic (exact) mass is 483 g/mol. The van der Waals surface area contributed by atoms with Gasteiger partial charge < -0.3 is 14.4 Å². The highest BCUT2D eigenvalue weighted by Gasteiger charge is 2.23. The fraction of sp³-hybridized carbons (Fsp3) is 0.375. The van der Waals surface area contributed by atoms with Crippen LogP contribution in [0.25, 0.3) is 0 Å². The topological polar surface area (TPSA) is 97.8 Å². The number of aryl methyl sites for hydroxylation is 1. The van der Waals surface area contributed by atoms with E-state index < -0.39 is 10.0 Å². The van der Waals surface area contributed by atoms with Crippen LogP contribution in [0.5, 0.6) is 11.8 Å². The standard InChI is InChI=1S/C24H29N5O4S/c1-19-5-3-4-6-22(19)34(30,31)28(2)17-18-32-24-26-14-9-23(27-24)29-15-10-21(11-16-29)33-20-7-12-25-13-8-20/h3-9,12-14,21H,10-11,15-18H2,1-2H3. The third-order valence-electron chi connectivity index (χ3n) is 5.76. The van der Waals surface area contributed by atoms with E-state index in [4.69, 9.17) is 9.47 Å². The van der Waals surface area contributed by atoms with Crippen LogP contribution in [0.15, 0.2) is 66.0 Å². The summed E-state index contributed by atoms with van der Waals surface area (Å²) in [5, 5.41) is 0. The number of hydrogen-bond donors (Lipinski definition) is 0. The maximum Gasteiger partial charge on any atom is 0.318 e. The van der Waals surface area contributed by atoms with Gasteiger partial charge >= 0.3 is 6.01 Å². The first-order valence-corrected chi connectivity index (χ1v) is 12.7. The van der Waals surface area contributed by atoms with Gasteiger partial charge in [0.1, 0.15) is 24.3 Å². The van der Waals surface area contributed by atoms with Crippen molar-refractivity contribution < 1.29 is 17.9 Å². The molecule has 0 unspecified atom stereocenters. The van der Waals surface area contributed by atoms with Gasteiger partial charge in [0.2, 0.25) is 10.0 Å². The summed E-state index contributed by atoms with van der Waals surface area (Å²) < 4.78 is 38.6. The molecule has 1 saturated heterocycles. The zero-order valence-corrected chi connectivity index (χ0v) is 20.2. The van der Waals surface area contributed by atoms with Gasteiger partial charge in [-0.2, -0.15) is 9.29 Å². The Kier molecular flexibility index (Phi) is 7.59. The smallest absolute Gasteiger partial charge is 0.318 e. The second-order valence-electron chi connectivity index (χ2n) is 8.13. The SMILES string of the molecule is Cc1ccccc1S(=O)(=O)N(C)CCOc1nccc(N2CCC(Oc3ccncc3)CC2)n1. The van der Waals surface area contributed by atoms with Crippen molar-refractivity contribution in [2.45, 2.75) is 30.8 Å². The highest BCUT2D eigenvalue weighted by molar-refractivity contribution is 7.89. The molecule has 0 saturated carbocycles. The zero-order chi connectivity index (χ0) is 24.0. The molecule has 9 nitrogen and oxygen atoms in total. The summed E-state index contributed by atoms with van der Waals surface area (Å²) in [5.74, 6) is 1.62. The molecule has 4 rings (SSSR count). The van der Waals surface area contributed by atoms with Gasteiger partial charge in [-0.15, -0.1) is 0 Å². The minimum Gasteiger partial charge on any atom is -0.490 e. The van der Waals surface area contributed by atoms with Crippen LogP contribution in [-0.2, 0) is 10.0 Å². The lowest BCUT2D eigenvalue weighted by Gasteiger charge is -2.32. The van der Waals surface area contributed by atoms with Gasteiger partial charge in [0.15, 0.2) is 0 Å². The van der Waals surface area contributed by atoms with Crippen LogP contribution in [0.2, 0.25) is 0 Å². The van der Waals surface area contributed by atoms with Crippen molar-refractivity contribution in [3.8, 4) is 11.8 Å². The first-order valence-electron chi connectivity index (χ1n) is 11.2. The van der Waals surface area contributed by atoms with Gasteiger partial charge in [0.25, 0.3) is 0 Å². The second kappa shape index (κ2) is 10.8. The number of aromatic nitrogens is 3. The van der Waals surface area contributed by atoms with Gasteiger partial charge in [-0.1, -0.05) is 18.2 Å². The number of ether oxygens (including phenoxy) is 2. The van der Waals surface area contributed by atoms with Crippen molar-refractivity contribution in [1.29, 1.82) is 0 Å². The number of benzene rings is 1. The average Bonchev–Trinajstić information content (AvgIpc) is 2.85. The summed E-state index contributed by atoms with van der Waals surface area (Å²) in [6.45, 7) is 3.73. The molecule has 10 heteroatoms. The highest BCUT2D eigenvalue weighted by Crippen LogP contribution is 2.23. The number of piperidine rings is 1. The molecule has 3 heterocycles. The molecule has 3 aromatic rings. The van der Waals surface area contributed by atoms with Crippen molar-refractivity contribution >= 4 is 15.8 Å². The molecule has 0 bridgehead atoms. The number of sulfonamides is 1. The van der Waals surface area contributed by atoms with Crippen LogP contribution < -0.4 is 14.4 Å². The van der Waals surface area contributed by atoms with Crippen molar-refractivity contribution in [3.05, 3.63) is 66.6 Å². The van der Waals surface area contributed by atoms with Crippen molar-refractivity contribution in [2.24, 2.45) is 0 Å². The number of anilines is 1. The van der Waals surface area contributed by atoms with Crippen LogP contribution in [0.3, 0.4) is 0 Å². The molecule has 2 aromatic heterocycles. The quantitative estimate of drug-likeness (QED) is 0.458. The molecule has 1 fully saturated rings. The van der Waals surface area contributed by atoms with Crippen LogP contribution in [0.4, 0.5) is 5.82 Å². The third kappa shape index (κ3) is 5.81. The minimum absolute atomic E-state index is 0.146. The Bertz CT molecular complexity index is 1180. The summed E-state index contributed by atoms with van der Waals surface area (Å²) in [6.07, 6.45) is 7.02. The van der Waals surface area contributed by atoms with Crippen molar-refractivity contribution in [3.63, 3.8) is 0 Å². The minimum atomic E-state index is -3.59. The molecule has 0 radical (unpaired) electrons. The Morgan fingerprint density at radius 2 is 1.79 bits per heavy atom. The Morgan fingerprint density at radius 3 is 2.53 bits per heavy atom. The summed E-state index contributed by atoms with van der Waals surface area (Å²) in [5.41, 5.74) is 0.709. The zero-order valence-electron chi connectivity index (χ0n) is 19.4. The van der Waals surface area contributed by atoms with E-state index in [1.54, 1.807) is 50.8 Å². The maximum atomic E-state index is 12.8. The van der Waals surface area contributed by atoms with E-state index in [2.05, 4.69) is 19.9 Å². The summed E-state index contributed by atoms with van der Waals surface area (Å²) in [7, 11) is -2.05. The number of nitrogens with zero attached hydrogens (tertiary/aromatic N) is 5. The number of pyridine rings is 1. The number of hydrogen-bond acceptors (Lipinski definition) is 8. The molecular formula is C24H29N5O4S. The molecular weight excluding hydrogens is 454 g/mol. The van der Waals surface area contributed by atoms with Gasteiger partial charge in [0.05, 0.1) is 4.90 Å².